The summed E-state index contributed by atoms with van der Waals surface area (Å²) < 4.78 is 34.0. The van der Waals surface area contributed by atoms with Crippen LogP contribution in [0.3, 0.4) is 0 Å². The van der Waals surface area contributed by atoms with Crippen molar-refractivity contribution in [1.82, 2.24) is 9.62 Å². The maximum atomic E-state index is 13.7. The first-order valence-corrected chi connectivity index (χ1v) is 13.6. The third-order valence-electron chi connectivity index (χ3n) is 5.87. The van der Waals surface area contributed by atoms with Crippen molar-refractivity contribution in [2.24, 2.45) is 0 Å². The molecule has 1 amide bonds. The third-order valence-corrected chi connectivity index (χ3v) is 7.67. The summed E-state index contributed by atoms with van der Waals surface area (Å²) in [5.41, 5.74) is 2.60. The normalized spacial score (nSPS) is 11.4. The van der Waals surface area contributed by atoms with E-state index in [0.717, 1.165) is 16.7 Å². The molecule has 0 atom stereocenters. The predicted molar refractivity (Wildman–Crippen MR) is 145 cm³/mol. The molecule has 0 unspecified atom stereocenters. The van der Waals surface area contributed by atoms with Crippen molar-refractivity contribution < 1.29 is 17.9 Å². The Hall–Kier alpha value is -3.94. The number of hydrogen-bond acceptors (Lipinski definition) is 4. The fourth-order valence-electron chi connectivity index (χ4n) is 4.05. The first-order valence-electron chi connectivity index (χ1n) is 12.1. The van der Waals surface area contributed by atoms with Gasteiger partial charge in [-0.05, 0) is 47.9 Å². The number of nitrogens with zero attached hydrogens (tertiary/aromatic N) is 1. The first-order chi connectivity index (χ1) is 18.0. The van der Waals surface area contributed by atoms with Gasteiger partial charge in [-0.3, -0.25) is 4.79 Å². The molecule has 0 aliphatic heterocycles. The second-order valence-corrected chi connectivity index (χ2v) is 10.4. The molecule has 0 aromatic heterocycles. The molecule has 0 saturated heterocycles. The smallest absolute Gasteiger partial charge is 0.243 e. The van der Waals surface area contributed by atoms with Gasteiger partial charge in [-0.2, -0.15) is 4.31 Å². The highest BCUT2D eigenvalue weighted by Gasteiger charge is 2.28. The molecule has 0 radical (unpaired) electrons. The summed E-state index contributed by atoms with van der Waals surface area (Å²) in [5.74, 6) is 0.186. The van der Waals surface area contributed by atoms with E-state index in [1.54, 1.807) is 12.1 Å². The lowest BCUT2D eigenvalue weighted by Crippen LogP contribution is -2.41. The van der Waals surface area contributed by atoms with Crippen LogP contribution in [0.4, 0.5) is 0 Å². The Kier molecular flexibility index (Phi) is 8.72. The highest BCUT2D eigenvalue weighted by atomic mass is 32.2. The zero-order valence-electron chi connectivity index (χ0n) is 20.7. The standard InChI is InChI=1S/C30H30N2O4S/c1-2-36-27-18-20-28(21-19-27)37(34,35)32(22-24-12-6-3-7-13-24)23-29(33)31-30(25-14-8-4-9-15-25)26-16-10-5-11-17-26/h3-21,30H,2,22-23H2,1H3,(H,31,33). The molecular weight excluding hydrogens is 484 g/mol. The summed E-state index contributed by atoms with van der Waals surface area (Å²) in [4.78, 5) is 13.5. The van der Waals surface area contributed by atoms with Crippen LogP contribution in [0.1, 0.15) is 29.7 Å². The molecule has 0 aliphatic rings. The van der Waals surface area contributed by atoms with Crippen molar-refractivity contribution in [1.29, 1.82) is 0 Å². The number of carbonyl (C=O) groups is 1. The summed E-state index contributed by atoms with van der Waals surface area (Å²) in [6.07, 6.45) is 0. The summed E-state index contributed by atoms with van der Waals surface area (Å²) in [7, 11) is -3.97. The Labute approximate surface area is 218 Å². The quantitative estimate of drug-likeness (QED) is 0.299. The number of benzene rings is 4. The van der Waals surface area contributed by atoms with Crippen LogP contribution in [-0.4, -0.2) is 31.8 Å². The van der Waals surface area contributed by atoms with E-state index in [2.05, 4.69) is 5.32 Å². The lowest BCUT2D eigenvalue weighted by atomic mass is 9.99. The van der Waals surface area contributed by atoms with Crippen molar-refractivity contribution in [3.05, 3.63) is 132 Å². The minimum absolute atomic E-state index is 0.0607. The van der Waals surface area contributed by atoms with E-state index in [4.69, 9.17) is 4.74 Å². The van der Waals surface area contributed by atoms with Gasteiger partial charge in [0.2, 0.25) is 15.9 Å². The number of rotatable bonds is 11. The van der Waals surface area contributed by atoms with Gasteiger partial charge in [0, 0.05) is 6.54 Å². The Morgan fingerprint density at radius 1 is 0.784 bits per heavy atom. The van der Waals surface area contributed by atoms with Gasteiger partial charge in [0.15, 0.2) is 0 Å². The van der Waals surface area contributed by atoms with E-state index in [0.29, 0.717) is 12.4 Å². The van der Waals surface area contributed by atoms with Crippen LogP contribution >= 0.6 is 0 Å². The first kappa shape index (κ1) is 26.1. The van der Waals surface area contributed by atoms with Crippen LogP contribution in [-0.2, 0) is 21.4 Å². The fourth-order valence-corrected chi connectivity index (χ4v) is 5.44. The average molecular weight is 515 g/mol. The van der Waals surface area contributed by atoms with Gasteiger partial charge in [0.1, 0.15) is 5.75 Å². The van der Waals surface area contributed by atoms with Crippen LogP contribution < -0.4 is 10.1 Å². The van der Waals surface area contributed by atoms with Crippen LogP contribution in [0.15, 0.2) is 120 Å². The van der Waals surface area contributed by atoms with Crippen molar-refractivity contribution in [2.45, 2.75) is 24.4 Å². The monoisotopic (exact) mass is 514 g/mol. The van der Waals surface area contributed by atoms with E-state index in [1.807, 2.05) is 97.9 Å². The van der Waals surface area contributed by atoms with Crippen LogP contribution in [0.25, 0.3) is 0 Å². The van der Waals surface area contributed by atoms with Crippen LogP contribution in [0, 0.1) is 0 Å². The Bertz CT molecular complexity index is 1340. The van der Waals surface area contributed by atoms with E-state index in [9.17, 15) is 13.2 Å². The van der Waals surface area contributed by atoms with Crippen molar-refractivity contribution >= 4 is 15.9 Å². The second-order valence-electron chi connectivity index (χ2n) is 8.49. The molecule has 37 heavy (non-hydrogen) atoms. The Balaban J connectivity index is 1.61. The zero-order chi connectivity index (χ0) is 26.1. The van der Waals surface area contributed by atoms with Gasteiger partial charge in [0.25, 0.3) is 0 Å². The minimum atomic E-state index is -3.97. The highest BCUT2D eigenvalue weighted by Crippen LogP contribution is 2.24. The topological polar surface area (TPSA) is 75.7 Å². The average Bonchev–Trinajstić information content (AvgIpc) is 2.93. The number of ether oxygens (including phenoxy) is 1. The van der Waals surface area contributed by atoms with Crippen molar-refractivity contribution in [2.75, 3.05) is 13.2 Å². The number of amides is 1. The lowest BCUT2D eigenvalue weighted by molar-refractivity contribution is -0.121. The number of carbonyl (C=O) groups excluding carboxylic acids is 1. The Morgan fingerprint density at radius 2 is 1.30 bits per heavy atom. The van der Waals surface area contributed by atoms with Gasteiger partial charge in [0.05, 0.1) is 24.1 Å². The van der Waals surface area contributed by atoms with Gasteiger partial charge < -0.3 is 10.1 Å². The molecular formula is C30H30N2O4S. The third kappa shape index (κ3) is 6.84. The summed E-state index contributed by atoms with van der Waals surface area (Å²) >= 11 is 0. The van der Waals surface area contributed by atoms with Crippen molar-refractivity contribution in [3.8, 4) is 5.75 Å². The van der Waals surface area contributed by atoms with Gasteiger partial charge in [-0.15, -0.1) is 0 Å². The number of hydrogen-bond donors (Lipinski definition) is 1. The molecule has 0 heterocycles. The van der Waals surface area contributed by atoms with Gasteiger partial charge in [-0.1, -0.05) is 91.0 Å². The van der Waals surface area contributed by atoms with E-state index >= 15 is 0 Å². The van der Waals surface area contributed by atoms with Gasteiger partial charge >= 0.3 is 0 Å². The molecule has 0 fully saturated rings. The van der Waals surface area contributed by atoms with E-state index in [-0.39, 0.29) is 18.0 Å². The molecule has 4 aromatic rings. The molecule has 0 spiro atoms. The predicted octanol–water partition coefficient (Wildman–Crippen LogP) is 5.18. The zero-order valence-corrected chi connectivity index (χ0v) is 21.5. The largest absolute Gasteiger partial charge is 0.494 e. The second kappa shape index (κ2) is 12.3. The SMILES string of the molecule is CCOc1ccc(S(=O)(=O)N(CC(=O)NC(c2ccccc2)c2ccccc2)Cc2ccccc2)cc1. The molecule has 0 bridgehead atoms. The molecule has 190 valence electrons. The van der Waals surface area contributed by atoms with Crippen molar-refractivity contribution in [3.63, 3.8) is 0 Å². The van der Waals surface area contributed by atoms with Gasteiger partial charge in [-0.25, -0.2) is 8.42 Å². The Morgan fingerprint density at radius 3 is 1.81 bits per heavy atom. The fraction of sp³-hybridized carbons (Fsp3) is 0.167. The minimum Gasteiger partial charge on any atom is -0.494 e. The van der Waals surface area contributed by atoms with E-state index < -0.39 is 22.0 Å². The van der Waals surface area contributed by atoms with Crippen LogP contribution in [0.2, 0.25) is 0 Å². The van der Waals surface area contributed by atoms with Crippen LogP contribution in [0.5, 0.6) is 5.75 Å². The summed E-state index contributed by atoms with van der Waals surface area (Å²) in [5, 5.41) is 3.05. The maximum absolute atomic E-state index is 13.7. The molecule has 1 N–H and O–H groups in total. The summed E-state index contributed by atoms with van der Waals surface area (Å²) in [6, 6.07) is 34.3. The molecule has 6 nitrogen and oxygen atoms in total. The number of nitrogens with one attached hydrogen (secondary N) is 1. The summed E-state index contributed by atoms with van der Waals surface area (Å²) in [6.45, 7) is 2.07. The van der Waals surface area contributed by atoms with E-state index in [1.165, 1.54) is 16.4 Å². The molecule has 4 aromatic carbocycles. The maximum Gasteiger partial charge on any atom is 0.243 e. The lowest BCUT2D eigenvalue weighted by Gasteiger charge is -2.25. The molecule has 0 aliphatic carbocycles. The molecule has 7 heteroatoms. The highest BCUT2D eigenvalue weighted by molar-refractivity contribution is 7.89. The molecule has 4 rings (SSSR count). The molecule has 0 saturated carbocycles. The number of sulfonamides is 1.